The summed E-state index contributed by atoms with van der Waals surface area (Å²) in [4.78, 5) is 27.2. The first kappa shape index (κ1) is 16.1. The lowest BCUT2D eigenvalue weighted by atomic mass is 10.1. The number of hydrogen-bond acceptors (Lipinski definition) is 4. The third-order valence-electron chi connectivity index (χ3n) is 2.93. The Morgan fingerprint density at radius 3 is 2.68 bits per heavy atom. The number of aromatic nitrogens is 2. The van der Waals surface area contributed by atoms with Crippen LogP contribution in [0.5, 0.6) is 0 Å². The zero-order valence-electron chi connectivity index (χ0n) is 12.7. The van der Waals surface area contributed by atoms with Gasteiger partial charge in [-0.1, -0.05) is 11.8 Å². The van der Waals surface area contributed by atoms with Crippen LogP contribution in [-0.4, -0.2) is 27.1 Å². The fourth-order valence-corrected chi connectivity index (χ4v) is 2.62. The Morgan fingerprint density at radius 1 is 1.32 bits per heavy atom. The predicted octanol–water partition coefficient (Wildman–Crippen LogP) is 2.42. The molecule has 1 aromatic heterocycles. The van der Waals surface area contributed by atoms with Gasteiger partial charge in [-0.3, -0.25) is 9.59 Å². The molecule has 2 N–H and O–H groups in total. The van der Waals surface area contributed by atoms with Crippen molar-refractivity contribution in [2.75, 3.05) is 16.4 Å². The van der Waals surface area contributed by atoms with Crippen molar-refractivity contribution in [1.29, 1.82) is 0 Å². The maximum Gasteiger partial charge on any atom is 0.234 e. The molecule has 0 saturated heterocycles. The summed E-state index contributed by atoms with van der Waals surface area (Å²) in [5.41, 5.74) is 2.34. The Balaban J connectivity index is 1.92. The molecular weight excluding hydrogens is 300 g/mol. The van der Waals surface area contributed by atoms with Crippen molar-refractivity contribution in [3.8, 4) is 0 Å². The van der Waals surface area contributed by atoms with E-state index in [0.29, 0.717) is 5.69 Å². The molecule has 0 radical (unpaired) electrons. The molecule has 22 heavy (non-hydrogen) atoms. The normalized spacial score (nSPS) is 10.3. The van der Waals surface area contributed by atoms with Crippen molar-refractivity contribution >= 4 is 35.0 Å². The lowest BCUT2D eigenvalue weighted by Gasteiger charge is -2.10. The Morgan fingerprint density at radius 2 is 2.09 bits per heavy atom. The highest BCUT2D eigenvalue weighted by Crippen LogP contribution is 2.20. The van der Waals surface area contributed by atoms with Gasteiger partial charge in [-0.15, -0.1) is 0 Å². The van der Waals surface area contributed by atoms with Gasteiger partial charge < -0.3 is 15.2 Å². The summed E-state index contributed by atoms with van der Waals surface area (Å²) in [7, 11) is 1.89. The molecule has 2 aromatic rings. The van der Waals surface area contributed by atoms with Crippen LogP contribution in [0.3, 0.4) is 0 Å². The molecular formula is C15H18N4O2S. The second kappa shape index (κ2) is 7.13. The Bertz CT molecular complexity index is 697. The van der Waals surface area contributed by atoms with Crippen LogP contribution in [0.4, 0.5) is 11.4 Å². The molecule has 7 heteroatoms. The molecule has 116 valence electrons. The maximum atomic E-state index is 12.0. The number of benzene rings is 1. The quantitative estimate of drug-likeness (QED) is 0.830. The lowest BCUT2D eigenvalue weighted by molar-refractivity contribution is -0.114. The highest BCUT2D eigenvalue weighted by Gasteiger charge is 2.08. The summed E-state index contributed by atoms with van der Waals surface area (Å²) < 4.78 is 1.87. The fraction of sp³-hybridized carbons (Fsp3) is 0.267. The van der Waals surface area contributed by atoms with Crippen LogP contribution in [0.1, 0.15) is 12.5 Å². The molecule has 0 atom stereocenters. The van der Waals surface area contributed by atoms with Gasteiger partial charge in [0.15, 0.2) is 5.16 Å². The number of carbonyl (C=O) groups excluding carboxylic acids is 2. The van der Waals surface area contributed by atoms with Crippen LogP contribution in [0, 0.1) is 6.92 Å². The van der Waals surface area contributed by atoms with Gasteiger partial charge in [-0.05, 0) is 30.7 Å². The summed E-state index contributed by atoms with van der Waals surface area (Å²) in [6.07, 6.45) is 3.54. The average Bonchev–Trinajstić information content (AvgIpc) is 2.85. The Labute approximate surface area is 133 Å². The van der Waals surface area contributed by atoms with Crippen molar-refractivity contribution in [3.63, 3.8) is 0 Å². The van der Waals surface area contributed by atoms with Crippen molar-refractivity contribution in [1.82, 2.24) is 9.55 Å². The molecule has 0 saturated carbocycles. The molecule has 2 amide bonds. The summed E-state index contributed by atoms with van der Waals surface area (Å²) in [5, 5.41) is 6.37. The van der Waals surface area contributed by atoms with Gasteiger partial charge in [0.2, 0.25) is 11.8 Å². The number of nitrogens with one attached hydrogen (secondary N) is 2. The van der Waals surface area contributed by atoms with E-state index in [4.69, 9.17) is 0 Å². The van der Waals surface area contributed by atoms with Crippen molar-refractivity contribution < 1.29 is 9.59 Å². The van der Waals surface area contributed by atoms with Crippen LogP contribution < -0.4 is 10.6 Å². The first-order valence-corrected chi connectivity index (χ1v) is 7.72. The van der Waals surface area contributed by atoms with E-state index in [0.717, 1.165) is 16.4 Å². The van der Waals surface area contributed by atoms with Crippen LogP contribution >= 0.6 is 11.8 Å². The number of thioether (sulfide) groups is 1. The minimum Gasteiger partial charge on any atom is -0.329 e. The minimum absolute atomic E-state index is 0.0975. The molecule has 0 aliphatic carbocycles. The van der Waals surface area contributed by atoms with E-state index >= 15 is 0 Å². The van der Waals surface area contributed by atoms with Crippen LogP contribution in [0.15, 0.2) is 35.7 Å². The summed E-state index contributed by atoms with van der Waals surface area (Å²) in [6, 6.07) is 5.37. The number of rotatable bonds is 5. The van der Waals surface area contributed by atoms with Crippen LogP contribution in [0.25, 0.3) is 0 Å². The SMILES string of the molecule is CC(=O)Nc1ccc(NC(=O)CSc2nccn2C)cc1C. The first-order chi connectivity index (χ1) is 10.5. The van der Waals surface area contributed by atoms with Gasteiger partial charge in [0.1, 0.15) is 0 Å². The standard InChI is InChI=1S/C15H18N4O2S/c1-10-8-12(4-5-13(10)17-11(2)20)18-14(21)9-22-15-16-6-7-19(15)3/h4-8H,9H2,1-3H3,(H,17,20)(H,18,21). The van der Waals surface area contributed by atoms with Gasteiger partial charge in [-0.2, -0.15) is 0 Å². The molecule has 0 spiro atoms. The summed E-state index contributed by atoms with van der Waals surface area (Å²) >= 11 is 1.38. The fourth-order valence-electron chi connectivity index (χ4n) is 1.89. The zero-order chi connectivity index (χ0) is 16.1. The van der Waals surface area contributed by atoms with Gasteiger partial charge in [0.05, 0.1) is 5.75 Å². The van der Waals surface area contributed by atoms with E-state index in [9.17, 15) is 9.59 Å². The van der Waals surface area contributed by atoms with E-state index in [1.165, 1.54) is 18.7 Å². The number of aryl methyl sites for hydroxylation is 2. The van der Waals surface area contributed by atoms with E-state index in [-0.39, 0.29) is 17.6 Å². The Hall–Kier alpha value is -2.28. The predicted molar refractivity (Wildman–Crippen MR) is 88.0 cm³/mol. The van der Waals surface area contributed by atoms with Gasteiger partial charge in [0.25, 0.3) is 0 Å². The molecule has 0 aliphatic rings. The highest BCUT2D eigenvalue weighted by molar-refractivity contribution is 7.99. The van der Waals surface area contributed by atoms with E-state index in [1.807, 2.05) is 30.8 Å². The number of anilines is 2. The summed E-state index contributed by atoms with van der Waals surface area (Å²) in [5.74, 6) is 0.0724. The van der Waals surface area contributed by atoms with Gasteiger partial charge >= 0.3 is 0 Å². The Kier molecular flexibility index (Phi) is 5.21. The largest absolute Gasteiger partial charge is 0.329 e. The molecule has 0 aliphatic heterocycles. The van der Waals surface area contributed by atoms with E-state index < -0.39 is 0 Å². The van der Waals surface area contributed by atoms with Crippen molar-refractivity contribution in [2.24, 2.45) is 7.05 Å². The molecule has 0 bridgehead atoms. The second-order valence-corrected chi connectivity index (χ2v) is 5.81. The third kappa shape index (κ3) is 4.36. The molecule has 0 unspecified atom stereocenters. The maximum absolute atomic E-state index is 12.0. The van der Waals surface area contributed by atoms with Crippen LogP contribution in [0.2, 0.25) is 0 Å². The number of hydrogen-bond donors (Lipinski definition) is 2. The zero-order valence-corrected chi connectivity index (χ0v) is 13.5. The minimum atomic E-state index is -0.119. The first-order valence-electron chi connectivity index (χ1n) is 6.74. The smallest absolute Gasteiger partial charge is 0.234 e. The van der Waals surface area contributed by atoms with Gasteiger partial charge in [0, 0.05) is 37.7 Å². The second-order valence-electron chi connectivity index (χ2n) is 4.87. The number of nitrogens with zero attached hydrogens (tertiary/aromatic N) is 2. The number of imidazole rings is 1. The van der Waals surface area contributed by atoms with E-state index in [1.54, 1.807) is 18.3 Å². The number of amides is 2. The van der Waals surface area contributed by atoms with E-state index in [2.05, 4.69) is 15.6 Å². The molecule has 2 rings (SSSR count). The number of carbonyl (C=O) groups is 2. The molecule has 6 nitrogen and oxygen atoms in total. The van der Waals surface area contributed by atoms with Crippen molar-refractivity contribution in [3.05, 3.63) is 36.2 Å². The highest BCUT2D eigenvalue weighted by atomic mass is 32.2. The van der Waals surface area contributed by atoms with Crippen molar-refractivity contribution in [2.45, 2.75) is 19.0 Å². The monoisotopic (exact) mass is 318 g/mol. The molecule has 0 fully saturated rings. The molecule has 1 heterocycles. The van der Waals surface area contributed by atoms with Crippen LogP contribution in [-0.2, 0) is 16.6 Å². The summed E-state index contributed by atoms with van der Waals surface area (Å²) in [6.45, 7) is 3.34. The van der Waals surface area contributed by atoms with Gasteiger partial charge in [-0.25, -0.2) is 4.98 Å². The lowest BCUT2D eigenvalue weighted by Crippen LogP contribution is -2.15. The average molecular weight is 318 g/mol. The third-order valence-corrected chi connectivity index (χ3v) is 3.99. The molecule has 1 aromatic carbocycles. The topological polar surface area (TPSA) is 76.0 Å².